The van der Waals surface area contributed by atoms with Crippen LogP contribution in [0.5, 0.6) is 0 Å². The summed E-state index contributed by atoms with van der Waals surface area (Å²) >= 11 is 1.88. The summed E-state index contributed by atoms with van der Waals surface area (Å²) in [5.74, 6) is 0. The van der Waals surface area contributed by atoms with Crippen molar-refractivity contribution in [1.29, 1.82) is 0 Å². The average Bonchev–Trinajstić information content (AvgIpc) is 1.51. The Labute approximate surface area is 678 Å². The van der Waals surface area contributed by atoms with E-state index in [0.717, 1.165) is 128 Å². The lowest BCUT2D eigenvalue weighted by molar-refractivity contribution is 0.793. The fourth-order valence-electron chi connectivity index (χ4n) is 20.8. The van der Waals surface area contributed by atoms with Crippen molar-refractivity contribution in [2.24, 2.45) is 0 Å². The van der Waals surface area contributed by atoms with E-state index in [1.807, 2.05) is 29.6 Å². The van der Waals surface area contributed by atoms with Gasteiger partial charge in [0.2, 0.25) is 0 Å². The van der Waals surface area contributed by atoms with E-state index in [2.05, 4.69) is 407 Å². The Morgan fingerprint density at radius 2 is 0.761 bits per heavy atom. The molecule has 0 radical (unpaired) electrons. The molecule has 0 amide bonds. The summed E-state index contributed by atoms with van der Waals surface area (Å²) in [6.07, 6.45) is 5.88. The molecule has 0 fully saturated rings. The maximum absolute atomic E-state index is 4.41. The normalized spacial score (nSPS) is 12.8. The van der Waals surface area contributed by atoms with Gasteiger partial charge in [0, 0.05) is 98.4 Å². The van der Waals surface area contributed by atoms with E-state index in [0.29, 0.717) is 0 Å². The van der Waals surface area contributed by atoms with Crippen LogP contribution in [0.2, 0.25) is 0 Å². The zero-order chi connectivity index (χ0) is 77.0. The highest BCUT2D eigenvalue weighted by atomic mass is 32.1. The van der Waals surface area contributed by atoms with Crippen LogP contribution in [-0.4, -0.2) is 13.7 Å². The minimum Gasteiger partial charge on any atom is -0.310 e. The van der Waals surface area contributed by atoms with E-state index in [9.17, 15) is 0 Å². The molecule has 0 N–H and O–H groups in total. The monoisotopic (exact) mass is 1500 g/mol. The first-order valence-corrected chi connectivity index (χ1v) is 41.0. The first-order valence-electron chi connectivity index (χ1n) is 40.2. The lowest BCUT2D eigenvalue weighted by atomic mass is 9.70. The molecule has 0 bridgehead atoms. The zero-order valence-electron chi connectivity index (χ0n) is 63.6. The van der Waals surface area contributed by atoms with Gasteiger partial charge < -0.3 is 23.5 Å². The minimum absolute atomic E-state index is 0.549. The molecule has 6 heteroatoms. The Kier molecular flexibility index (Phi) is 13.8. The number of fused-ring (bicyclic) bond motifs is 25. The van der Waals surface area contributed by atoms with Gasteiger partial charge in [-0.05, 0) is 209 Å². The lowest BCUT2D eigenvalue weighted by Crippen LogP contribution is -2.26. The summed E-state index contributed by atoms with van der Waals surface area (Å²) in [6, 6.07) is 137. The van der Waals surface area contributed by atoms with Gasteiger partial charge in [-0.15, -0.1) is 11.3 Å². The molecule has 0 atom stereocenters. The van der Waals surface area contributed by atoms with Gasteiger partial charge in [0.15, 0.2) is 0 Å². The van der Waals surface area contributed by atoms with Crippen LogP contribution in [0.1, 0.15) is 38.9 Å². The van der Waals surface area contributed by atoms with Crippen LogP contribution in [0, 0.1) is 0 Å². The number of nitrogens with zero attached hydrogens (tertiary/aromatic N) is 5. The first-order chi connectivity index (χ1) is 57.9. The van der Waals surface area contributed by atoms with Crippen molar-refractivity contribution in [3.05, 3.63) is 423 Å². The Hall–Kier alpha value is -15.1. The van der Waals surface area contributed by atoms with Crippen molar-refractivity contribution in [3.8, 4) is 39.3 Å². The third-order valence-corrected chi connectivity index (χ3v) is 26.9. The van der Waals surface area contributed by atoms with E-state index < -0.39 is 5.41 Å². The zero-order valence-corrected chi connectivity index (χ0v) is 64.5. The quantitative estimate of drug-likeness (QED) is 0.114. The van der Waals surface area contributed by atoms with Crippen LogP contribution in [0.4, 0.5) is 34.1 Å². The SMILES string of the molecule is C=Cc1cccc(N(c2ccc3c(c2)C2(c4ccccc4-c4ccccc42)c2ccccc2-3)c2ccc3c4cc5ccc6c7c5c(c4n(-c4cccc(C=C)c4)c3c2)n(-c2cccc3c2sc2ccccc23)c7cc2c3ccc(N(c4cccc(C=C)c4)c4cccc5ccccc45)cc3n(-c3ccc4ccc5ccccc5c4c3)c26)c1. The second kappa shape index (κ2) is 24.7. The summed E-state index contributed by atoms with van der Waals surface area (Å²) in [5, 5.41) is 19.0. The second-order valence-corrected chi connectivity index (χ2v) is 32.6. The van der Waals surface area contributed by atoms with Gasteiger partial charge in [-0.2, -0.15) is 0 Å². The molecule has 2 aliphatic rings. The highest BCUT2D eigenvalue weighted by Crippen LogP contribution is 2.64. The van der Waals surface area contributed by atoms with Crippen molar-refractivity contribution in [3.63, 3.8) is 0 Å². The van der Waals surface area contributed by atoms with Gasteiger partial charge in [-0.1, -0.05) is 287 Å². The molecule has 4 aromatic heterocycles. The van der Waals surface area contributed by atoms with Crippen LogP contribution in [0.3, 0.4) is 0 Å². The molecule has 23 aromatic rings. The lowest BCUT2D eigenvalue weighted by Gasteiger charge is -2.32. The summed E-state index contributed by atoms with van der Waals surface area (Å²) < 4.78 is 10.3. The van der Waals surface area contributed by atoms with Crippen LogP contribution in [0.15, 0.2) is 384 Å². The first kappa shape index (κ1) is 65.5. The Morgan fingerprint density at radius 3 is 1.47 bits per heavy atom. The molecular weight excluding hydrogens is 1440 g/mol. The van der Waals surface area contributed by atoms with Crippen LogP contribution in [-0.2, 0) is 5.41 Å². The van der Waals surface area contributed by atoms with E-state index in [-0.39, 0.29) is 0 Å². The fraction of sp³-hybridized carbons (Fsp3) is 0.00901. The highest BCUT2D eigenvalue weighted by Gasteiger charge is 2.52. The number of aromatic nitrogens is 3. The number of rotatable bonds is 12. The number of anilines is 6. The number of hydrogen-bond donors (Lipinski definition) is 0. The second-order valence-electron chi connectivity index (χ2n) is 31.5. The maximum Gasteiger partial charge on any atom is 0.0795 e. The van der Waals surface area contributed by atoms with E-state index >= 15 is 0 Å². The van der Waals surface area contributed by atoms with Crippen molar-refractivity contribution in [1.82, 2.24) is 13.7 Å². The Morgan fingerprint density at radius 1 is 0.265 bits per heavy atom. The van der Waals surface area contributed by atoms with Gasteiger partial charge in [0.1, 0.15) is 0 Å². The molecule has 117 heavy (non-hydrogen) atoms. The molecular formula is C111H69N5S. The van der Waals surface area contributed by atoms with Gasteiger partial charge in [-0.25, -0.2) is 0 Å². The predicted octanol–water partition coefficient (Wildman–Crippen LogP) is 30.6. The third-order valence-electron chi connectivity index (χ3n) is 25.7. The fourth-order valence-corrected chi connectivity index (χ4v) is 22.0. The summed E-state index contributed by atoms with van der Waals surface area (Å²) in [5.41, 5.74) is 29.1. The molecule has 0 saturated heterocycles. The van der Waals surface area contributed by atoms with Gasteiger partial charge in [0.25, 0.3) is 0 Å². The molecule has 19 aromatic carbocycles. The summed E-state index contributed by atoms with van der Waals surface area (Å²) in [4.78, 5) is 4.92. The molecule has 25 rings (SSSR count). The standard InChI is InChI=1S/C111H69N5S/c1-4-67-24-19-30-74(58-67)112(78-51-55-86-85-37-13-17-42-97(85)111(98(86)63-78)95-40-15-11-35-83(95)84-36-12-16-41-96(84)111)79-52-56-87-93-61-73-49-54-91-106-103(116(100-44-23-39-90-89-38-14-18-45-104(89)117-110(90)100)109(105(73)106)108(93)115(102(87)64-79)76-32-21-26-69(6-3)60-76)66-94-88-57-53-80(113(75-31-20-25-68(5-2)59-75)99-43-22-29-70-27-8-10-34-82(70)99)65-101(88)114(107(91)94)77-50-48-72-47-46-71-28-7-9-33-81(71)92(72)62-77/h4-66H,1-3H2. The third kappa shape index (κ3) is 9.13. The highest BCUT2D eigenvalue weighted by molar-refractivity contribution is 7.26. The van der Waals surface area contributed by atoms with Crippen molar-refractivity contribution in [2.45, 2.75) is 5.41 Å². The number of thiophene rings is 1. The topological polar surface area (TPSA) is 21.3 Å². The largest absolute Gasteiger partial charge is 0.310 e. The van der Waals surface area contributed by atoms with Crippen molar-refractivity contribution in [2.75, 3.05) is 9.80 Å². The van der Waals surface area contributed by atoms with E-state index in [1.54, 1.807) is 0 Å². The summed E-state index contributed by atoms with van der Waals surface area (Å²) in [6.45, 7) is 13.0. The molecule has 0 aliphatic heterocycles. The van der Waals surface area contributed by atoms with E-state index in [4.69, 9.17) is 0 Å². The van der Waals surface area contributed by atoms with Gasteiger partial charge in [0.05, 0.1) is 54.6 Å². The predicted molar refractivity (Wildman–Crippen MR) is 499 cm³/mol. The van der Waals surface area contributed by atoms with Crippen LogP contribution >= 0.6 is 11.3 Å². The van der Waals surface area contributed by atoms with Crippen LogP contribution < -0.4 is 9.80 Å². The van der Waals surface area contributed by atoms with Gasteiger partial charge >= 0.3 is 0 Å². The van der Waals surface area contributed by atoms with E-state index in [1.165, 1.54) is 113 Å². The number of hydrogen-bond acceptors (Lipinski definition) is 3. The molecule has 0 unspecified atom stereocenters. The molecule has 4 heterocycles. The molecule has 0 saturated carbocycles. The molecule has 2 aliphatic carbocycles. The molecule has 5 nitrogen and oxygen atoms in total. The Bertz CT molecular complexity index is 8250. The maximum atomic E-state index is 4.41. The smallest absolute Gasteiger partial charge is 0.0795 e. The average molecular weight is 1500 g/mol. The van der Waals surface area contributed by atoms with Crippen molar-refractivity contribution >= 4 is 192 Å². The molecule has 1 spiro atoms. The van der Waals surface area contributed by atoms with Crippen molar-refractivity contribution < 1.29 is 0 Å². The Balaban J connectivity index is 0.803. The summed E-state index contributed by atoms with van der Waals surface area (Å²) in [7, 11) is 0. The number of benzene rings is 19. The van der Waals surface area contributed by atoms with Gasteiger partial charge in [-0.3, -0.25) is 0 Å². The van der Waals surface area contributed by atoms with Crippen LogP contribution in [0.25, 0.3) is 186 Å². The molecule has 544 valence electrons. The minimum atomic E-state index is -0.549.